The molecule has 1 heterocycles. The van der Waals surface area contributed by atoms with E-state index in [9.17, 15) is 0 Å². The Morgan fingerprint density at radius 3 is 2.77 bits per heavy atom. The van der Waals surface area contributed by atoms with Crippen molar-refractivity contribution in [2.75, 3.05) is 0 Å². The van der Waals surface area contributed by atoms with Gasteiger partial charge in [-0.3, -0.25) is 0 Å². The Morgan fingerprint density at radius 1 is 1.31 bits per heavy atom. The first kappa shape index (κ1) is 9.97. The lowest BCUT2D eigenvalue weighted by atomic mass is 10.1. The molecule has 68 valence electrons. The van der Waals surface area contributed by atoms with Crippen molar-refractivity contribution < 1.29 is 0 Å². The molecule has 0 bridgehead atoms. The molecule has 0 saturated heterocycles. The molecule has 1 aromatic heterocycles. The van der Waals surface area contributed by atoms with Gasteiger partial charge in [-0.25, -0.2) is 0 Å². The maximum absolute atomic E-state index is 5.88. The van der Waals surface area contributed by atoms with Crippen molar-refractivity contribution >= 4 is 64.9 Å². The van der Waals surface area contributed by atoms with Gasteiger partial charge in [0.2, 0.25) is 0 Å². The predicted octanol–water partition coefficient (Wildman–Crippen LogP) is 5.17. The van der Waals surface area contributed by atoms with Gasteiger partial charge in [-0.1, -0.05) is 15.9 Å². The minimum atomic E-state index is 0.543. The highest BCUT2D eigenvalue weighted by molar-refractivity contribution is 9.11. The molecule has 2 rings (SSSR count). The Kier molecular flexibility index (Phi) is 2.98. The van der Waals surface area contributed by atoms with Gasteiger partial charge in [-0.2, -0.15) is 0 Å². The lowest BCUT2D eigenvalue weighted by molar-refractivity contribution is 1.42. The van der Waals surface area contributed by atoms with E-state index in [1.54, 1.807) is 11.3 Å². The van der Waals surface area contributed by atoms with Crippen LogP contribution < -0.4 is 0 Å². The molecule has 0 amide bonds. The van der Waals surface area contributed by atoms with Gasteiger partial charge in [0.1, 0.15) is 0 Å². The molecule has 0 saturated carbocycles. The number of fused-ring (bicyclic) bond motifs is 1. The van der Waals surface area contributed by atoms with Crippen LogP contribution in [-0.4, -0.2) is 0 Å². The van der Waals surface area contributed by atoms with Crippen LogP contribution >= 0.6 is 54.8 Å². The van der Waals surface area contributed by atoms with E-state index in [0.29, 0.717) is 5.88 Å². The Hall–Kier alpha value is 0.430. The average molecular weight is 340 g/mol. The molecule has 0 unspecified atom stereocenters. The van der Waals surface area contributed by atoms with Crippen molar-refractivity contribution in [3.63, 3.8) is 0 Å². The second-order valence-corrected chi connectivity index (χ2v) is 6.21. The fraction of sp³-hybridized carbons (Fsp3) is 0.111. The van der Waals surface area contributed by atoms with E-state index in [0.717, 1.165) is 8.26 Å². The normalized spacial score (nSPS) is 11.0. The molecule has 0 spiro atoms. The summed E-state index contributed by atoms with van der Waals surface area (Å²) in [6.45, 7) is 0. The maximum Gasteiger partial charge on any atom is 0.0711 e. The first-order chi connectivity index (χ1) is 6.22. The summed E-state index contributed by atoms with van der Waals surface area (Å²) in [5, 5.41) is 1.24. The van der Waals surface area contributed by atoms with Crippen molar-refractivity contribution in [1.29, 1.82) is 0 Å². The van der Waals surface area contributed by atoms with E-state index in [4.69, 9.17) is 11.6 Å². The first-order valence-electron chi connectivity index (χ1n) is 3.65. The Bertz CT molecular complexity index is 450. The summed E-state index contributed by atoms with van der Waals surface area (Å²) < 4.78 is 3.50. The fourth-order valence-corrected chi connectivity index (χ4v) is 3.75. The zero-order chi connectivity index (χ0) is 9.42. The third kappa shape index (κ3) is 1.80. The number of rotatable bonds is 1. The molecule has 0 aliphatic heterocycles. The van der Waals surface area contributed by atoms with E-state index in [-0.39, 0.29) is 0 Å². The van der Waals surface area contributed by atoms with Gasteiger partial charge in [-0.15, -0.1) is 22.9 Å². The topological polar surface area (TPSA) is 0 Å². The molecule has 0 radical (unpaired) electrons. The molecule has 0 atom stereocenters. The second kappa shape index (κ2) is 3.89. The van der Waals surface area contributed by atoms with Gasteiger partial charge in [0, 0.05) is 15.1 Å². The molecule has 13 heavy (non-hydrogen) atoms. The van der Waals surface area contributed by atoms with E-state index in [2.05, 4.69) is 44.0 Å². The highest BCUT2D eigenvalue weighted by Crippen LogP contribution is 2.35. The minimum absolute atomic E-state index is 0.543. The summed E-state index contributed by atoms with van der Waals surface area (Å²) in [5.74, 6) is 0.543. The molecule has 0 fully saturated rings. The molecular formula is C9H5Br2ClS. The molecule has 0 N–H and O–H groups in total. The summed E-state index contributed by atoms with van der Waals surface area (Å²) in [4.78, 5) is 0. The number of thiophene rings is 1. The van der Waals surface area contributed by atoms with Crippen LogP contribution in [0.15, 0.2) is 26.5 Å². The fourth-order valence-electron chi connectivity index (χ4n) is 1.25. The SMILES string of the molecule is ClCc1c(Br)ccc2sc(Br)cc12. The number of hydrogen-bond donors (Lipinski definition) is 0. The van der Waals surface area contributed by atoms with Crippen LogP contribution in [-0.2, 0) is 5.88 Å². The average Bonchev–Trinajstić information content (AvgIpc) is 2.45. The van der Waals surface area contributed by atoms with Crippen LogP contribution in [0.5, 0.6) is 0 Å². The summed E-state index contributed by atoms with van der Waals surface area (Å²) >= 11 is 14.6. The van der Waals surface area contributed by atoms with E-state index >= 15 is 0 Å². The molecule has 0 aliphatic carbocycles. The van der Waals surface area contributed by atoms with Gasteiger partial charge in [0.05, 0.1) is 3.79 Å². The zero-order valence-corrected chi connectivity index (χ0v) is 11.2. The molecule has 0 aliphatic rings. The molecule has 1 aromatic carbocycles. The summed E-state index contributed by atoms with van der Waals surface area (Å²) in [5.41, 5.74) is 1.17. The molecule has 4 heteroatoms. The van der Waals surface area contributed by atoms with Crippen molar-refractivity contribution in [3.05, 3.63) is 32.0 Å². The van der Waals surface area contributed by atoms with E-state index < -0.39 is 0 Å². The van der Waals surface area contributed by atoms with Gasteiger partial charge in [0.25, 0.3) is 0 Å². The first-order valence-corrected chi connectivity index (χ1v) is 6.58. The van der Waals surface area contributed by atoms with Crippen molar-refractivity contribution in [2.24, 2.45) is 0 Å². The van der Waals surface area contributed by atoms with Gasteiger partial charge in [-0.05, 0) is 45.1 Å². The van der Waals surface area contributed by atoms with Crippen LogP contribution in [0.2, 0.25) is 0 Å². The second-order valence-electron chi connectivity index (χ2n) is 2.62. The van der Waals surface area contributed by atoms with Crippen molar-refractivity contribution in [1.82, 2.24) is 0 Å². The number of halogens is 3. The number of benzene rings is 1. The van der Waals surface area contributed by atoms with Gasteiger partial charge in [0.15, 0.2) is 0 Å². The molecule has 2 aromatic rings. The highest BCUT2D eigenvalue weighted by atomic mass is 79.9. The highest BCUT2D eigenvalue weighted by Gasteiger charge is 2.07. The maximum atomic E-state index is 5.88. The zero-order valence-electron chi connectivity index (χ0n) is 6.48. The Labute approximate surface area is 102 Å². The van der Waals surface area contributed by atoms with Crippen LogP contribution in [0.25, 0.3) is 10.1 Å². The largest absolute Gasteiger partial charge is 0.128 e. The Morgan fingerprint density at radius 2 is 2.08 bits per heavy atom. The lowest BCUT2D eigenvalue weighted by Crippen LogP contribution is -1.80. The summed E-state index contributed by atoms with van der Waals surface area (Å²) in [6, 6.07) is 6.26. The number of hydrogen-bond acceptors (Lipinski definition) is 1. The van der Waals surface area contributed by atoms with Gasteiger partial charge >= 0.3 is 0 Å². The van der Waals surface area contributed by atoms with Gasteiger partial charge < -0.3 is 0 Å². The van der Waals surface area contributed by atoms with Crippen molar-refractivity contribution in [3.8, 4) is 0 Å². The standard InChI is InChI=1S/C9H5Br2ClS/c10-7-1-2-8-5(6(7)4-12)3-9(11)13-8/h1-3H,4H2. The summed E-state index contributed by atoms with van der Waals surface area (Å²) in [7, 11) is 0. The third-order valence-electron chi connectivity index (χ3n) is 1.86. The summed E-state index contributed by atoms with van der Waals surface area (Å²) in [6.07, 6.45) is 0. The predicted molar refractivity (Wildman–Crippen MR) is 66.8 cm³/mol. The monoisotopic (exact) mass is 338 g/mol. The van der Waals surface area contributed by atoms with E-state index in [1.165, 1.54) is 15.6 Å². The third-order valence-corrected chi connectivity index (χ3v) is 4.47. The lowest BCUT2D eigenvalue weighted by Gasteiger charge is -2.00. The quantitative estimate of drug-likeness (QED) is 0.629. The van der Waals surface area contributed by atoms with Crippen LogP contribution in [0.1, 0.15) is 5.56 Å². The smallest absolute Gasteiger partial charge is 0.0711 e. The molecule has 0 nitrogen and oxygen atoms in total. The Balaban J connectivity index is 2.82. The molecular weight excluding hydrogens is 335 g/mol. The minimum Gasteiger partial charge on any atom is -0.128 e. The number of alkyl halides is 1. The van der Waals surface area contributed by atoms with Crippen molar-refractivity contribution in [2.45, 2.75) is 5.88 Å². The van der Waals surface area contributed by atoms with Crippen LogP contribution in [0, 0.1) is 0 Å². The van der Waals surface area contributed by atoms with Crippen LogP contribution in [0.3, 0.4) is 0 Å². The van der Waals surface area contributed by atoms with Crippen LogP contribution in [0.4, 0.5) is 0 Å². The van der Waals surface area contributed by atoms with E-state index in [1.807, 2.05) is 6.07 Å².